The van der Waals surface area contributed by atoms with Crippen molar-refractivity contribution in [3.05, 3.63) is 35.9 Å². The number of carbonyl (C=O) groups excluding carboxylic acids is 1. The van der Waals surface area contributed by atoms with Crippen LogP contribution < -0.4 is 0 Å². The van der Waals surface area contributed by atoms with Gasteiger partial charge in [-0.1, -0.05) is 12.1 Å². The molecule has 0 aromatic heterocycles. The second kappa shape index (κ2) is 7.53. The molecule has 0 bridgehead atoms. The van der Waals surface area contributed by atoms with Gasteiger partial charge in [0.2, 0.25) is 0 Å². The number of phenols is 1. The van der Waals surface area contributed by atoms with Crippen molar-refractivity contribution in [2.24, 2.45) is 0 Å². The van der Waals surface area contributed by atoms with Gasteiger partial charge in [0.05, 0.1) is 6.61 Å². The van der Waals surface area contributed by atoms with Crippen LogP contribution in [0, 0.1) is 0 Å². The number of hydrogen-bond donors (Lipinski definition) is 5. The molecule has 0 unspecified atom stereocenters. The zero-order valence-corrected chi connectivity index (χ0v) is 12.0. The van der Waals surface area contributed by atoms with E-state index in [2.05, 4.69) is 0 Å². The highest BCUT2D eigenvalue weighted by Crippen LogP contribution is 2.22. The molecule has 1 heterocycles. The monoisotopic (exact) mass is 326 g/mol. The van der Waals surface area contributed by atoms with E-state index in [0.29, 0.717) is 5.56 Å². The molecule has 2 rings (SSSR count). The maximum Gasteiger partial charge on any atom is 0.331 e. The van der Waals surface area contributed by atoms with Crippen molar-refractivity contribution in [3.63, 3.8) is 0 Å². The molecule has 23 heavy (non-hydrogen) atoms. The number of carbonyl (C=O) groups is 1. The van der Waals surface area contributed by atoms with Gasteiger partial charge in [-0.3, -0.25) is 0 Å². The fraction of sp³-hybridized carbons (Fsp3) is 0.400. The SMILES string of the molecule is O=C(/C=C/c1ccc(O)cc1)O[C@@H]1[C@@H](O)[C@H](O)O[C@H](CO)[C@H]1O. The first-order chi connectivity index (χ1) is 10.9. The molecule has 126 valence electrons. The Morgan fingerprint density at radius 2 is 1.83 bits per heavy atom. The summed E-state index contributed by atoms with van der Waals surface area (Å²) in [6.45, 7) is -0.609. The minimum absolute atomic E-state index is 0.0854. The van der Waals surface area contributed by atoms with E-state index in [-0.39, 0.29) is 5.75 Å². The third-order valence-electron chi connectivity index (χ3n) is 3.40. The van der Waals surface area contributed by atoms with E-state index < -0.39 is 43.3 Å². The Morgan fingerprint density at radius 3 is 2.43 bits per heavy atom. The number of phenolic OH excluding ortho intramolecular Hbond substituents is 1. The van der Waals surface area contributed by atoms with E-state index in [1.807, 2.05) is 0 Å². The largest absolute Gasteiger partial charge is 0.508 e. The summed E-state index contributed by atoms with van der Waals surface area (Å²) >= 11 is 0. The summed E-state index contributed by atoms with van der Waals surface area (Å²) in [7, 11) is 0. The Hall–Kier alpha value is -1.97. The zero-order chi connectivity index (χ0) is 17.0. The van der Waals surface area contributed by atoms with Crippen molar-refractivity contribution in [3.8, 4) is 5.75 Å². The molecule has 1 aliphatic heterocycles. The number of rotatable bonds is 4. The molecule has 0 aliphatic carbocycles. The molecule has 1 aliphatic rings. The van der Waals surface area contributed by atoms with Crippen LogP contribution in [0.5, 0.6) is 5.75 Å². The number of aromatic hydroxyl groups is 1. The first-order valence-corrected chi connectivity index (χ1v) is 6.90. The summed E-state index contributed by atoms with van der Waals surface area (Å²) in [5.74, 6) is -0.769. The van der Waals surface area contributed by atoms with Crippen LogP contribution in [0.4, 0.5) is 0 Å². The zero-order valence-electron chi connectivity index (χ0n) is 12.0. The summed E-state index contributed by atoms with van der Waals surface area (Å²) in [6.07, 6.45) is -4.93. The van der Waals surface area contributed by atoms with Crippen LogP contribution in [0.1, 0.15) is 5.56 Å². The quantitative estimate of drug-likeness (QED) is 0.342. The molecular weight excluding hydrogens is 308 g/mol. The Labute approximate surface area is 131 Å². The molecule has 5 atom stereocenters. The molecule has 1 aromatic rings. The van der Waals surface area contributed by atoms with Gasteiger partial charge in [0.25, 0.3) is 0 Å². The molecule has 0 radical (unpaired) electrons. The van der Waals surface area contributed by atoms with Crippen molar-refractivity contribution < 1.29 is 39.8 Å². The summed E-state index contributed by atoms with van der Waals surface area (Å²) in [5.41, 5.74) is 0.626. The maximum absolute atomic E-state index is 11.8. The van der Waals surface area contributed by atoms with Gasteiger partial charge in [-0.15, -0.1) is 0 Å². The lowest BCUT2D eigenvalue weighted by molar-refractivity contribution is -0.289. The minimum atomic E-state index is -1.69. The number of esters is 1. The lowest BCUT2D eigenvalue weighted by Gasteiger charge is -2.39. The smallest absolute Gasteiger partial charge is 0.331 e. The van der Waals surface area contributed by atoms with Crippen LogP contribution >= 0.6 is 0 Å². The average Bonchev–Trinajstić information content (AvgIpc) is 2.54. The fourth-order valence-corrected chi connectivity index (χ4v) is 2.13. The van der Waals surface area contributed by atoms with Gasteiger partial charge in [0, 0.05) is 6.08 Å². The Morgan fingerprint density at radius 1 is 1.17 bits per heavy atom. The lowest BCUT2D eigenvalue weighted by atomic mass is 9.99. The first-order valence-electron chi connectivity index (χ1n) is 6.90. The summed E-state index contributed by atoms with van der Waals surface area (Å²) in [6, 6.07) is 6.03. The second-order valence-corrected chi connectivity index (χ2v) is 5.06. The van der Waals surface area contributed by atoms with Gasteiger partial charge in [0.1, 0.15) is 24.1 Å². The maximum atomic E-state index is 11.8. The normalized spacial score (nSPS) is 31.2. The van der Waals surface area contributed by atoms with Gasteiger partial charge < -0.3 is 35.0 Å². The van der Waals surface area contributed by atoms with Gasteiger partial charge >= 0.3 is 5.97 Å². The standard InChI is InChI=1S/C15H18O8/c16-7-10-12(19)14(13(20)15(21)22-10)23-11(18)6-3-8-1-4-9(17)5-2-8/h1-6,10,12-17,19-21H,7H2/b6-3+/t10-,12-,13-,14+,15-/m1/s1. The van der Waals surface area contributed by atoms with Crippen LogP contribution in [0.25, 0.3) is 6.08 Å². The minimum Gasteiger partial charge on any atom is -0.508 e. The molecule has 1 saturated heterocycles. The molecule has 0 amide bonds. The van der Waals surface area contributed by atoms with Crippen molar-refractivity contribution in [1.29, 1.82) is 0 Å². The highest BCUT2D eigenvalue weighted by Gasteiger charge is 2.45. The van der Waals surface area contributed by atoms with Gasteiger partial charge in [0.15, 0.2) is 12.4 Å². The predicted octanol–water partition coefficient (Wildman–Crippen LogP) is -1.25. The number of benzene rings is 1. The van der Waals surface area contributed by atoms with E-state index in [9.17, 15) is 20.1 Å². The Balaban J connectivity index is 2.01. The molecule has 0 saturated carbocycles. The third-order valence-corrected chi connectivity index (χ3v) is 3.40. The van der Waals surface area contributed by atoms with Crippen LogP contribution in [0.2, 0.25) is 0 Å². The molecule has 0 spiro atoms. The predicted molar refractivity (Wildman–Crippen MR) is 77.0 cm³/mol. The fourth-order valence-electron chi connectivity index (χ4n) is 2.13. The first kappa shape index (κ1) is 17.4. The number of hydrogen-bond acceptors (Lipinski definition) is 8. The third kappa shape index (κ3) is 4.27. The van der Waals surface area contributed by atoms with E-state index in [4.69, 9.17) is 19.7 Å². The average molecular weight is 326 g/mol. The lowest BCUT2D eigenvalue weighted by Crippen LogP contribution is -2.59. The van der Waals surface area contributed by atoms with Crippen LogP contribution in [0.3, 0.4) is 0 Å². The topological polar surface area (TPSA) is 137 Å². The summed E-state index contributed by atoms with van der Waals surface area (Å²) < 4.78 is 9.72. The highest BCUT2D eigenvalue weighted by molar-refractivity contribution is 5.87. The number of ether oxygens (including phenoxy) is 2. The molecule has 8 nitrogen and oxygen atoms in total. The molecule has 1 fully saturated rings. The van der Waals surface area contributed by atoms with Crippen LogP contribution in [-0.2, 0) is 14.3 Å². The van der Waals surface area contributed by atoms with E-state index >= 15 is 0 Å². The number of aliphatic hydroxyl groups is 4. The molecule has 5 N–H and O–H groups in total. The van der Waals surface area contributed by atoms with Crippen molar-refractivity contribution >= 4 is 12.0 Å². The van der Waals surface area contributed by atoms with E-state index in [0.717, 1.165) is 6.08 Å². The van der Waals surface area contributed by atoms with Crippen molar-refractivity contribution in [2.45, 2.75) is 30.7 Å². The second-order valence-electron chi connectivity index (χ2n) is 5.06. The van der Waals surface area contributed by atoms with Crippen molar-refractivity contribution in [1.82, 2.24) is 0 Å². The molecule has 8 heteroatoms. The van der Waals surface area contributed by atoms with E-state index in [1.54, 1.807) is 12.1 Å². The van der Waals surface area contributed by atoms with Crippen LogP contribution in [0.15, 0.2) is 30.3 Å². The Bertz CT molecular complexity index is 555. The molecular formula is C15H18O8. The molecule has 1 aromatic carbocycles. The van der Waals surface area contributed by atoms with Gasteiger partial charge in [-0.05, 0) is 23.8 Å². The van der Waals surface area contributed by atoms with Crippen LogP contribution in [-0.4, -0.2) is 68.8 Å². The number of aliphatic hydroxyl groups excluding tert-OH is 4. The Kier molecular flexibility index (Phi) is 5.69. The van der Waals surface area contributed by atoms with Gasteiger partial charge in [-0.2, -0.15) is 0 Å². The highest BCUT2D eigenvalue weighted by atomic mass is 16.7. The summed E-state index contributed by atoms with van der Waals surface area (Å²) in [5, 5.41) is 47.3. The van der Waals surface area contributed by atoms with Crippen molar-refractivity contribution in [2.75, 3.05) is 6.61 Å². The van der Waals surface area contributed by atoms with E-state index in [1.165, 1.54) is 18.2 Å². The van der Waals surface area contributed by atoms with Gasteiger partial charge in [-0.25, -0.2) is 4.79 Å². The summed E-state index contributed by atoms with van der Waals surface area (Å²) in [4.78, 5) is 11.8.